The molecule has 1 fully saturated rings. The number of allylic oxidation sites excluding steroid dienone is 2. The minimum absolute atomic E-state index is 0.259. The van der Waals surface area contributed by atoms with Gasteiger partial charge in [-0.05, 0) is 36.8 Å². The van der Waals surface area contributed by atoms with Crippen LogP contribution in [0.3, 0.4) is 0 Å². The monoisotopic (exact) mass is 438 g/mol. The number of hydrogen-bond acceptors (Lipinski definition) is 8. The molecule has 0 atom stereocenters. The molecule has 3 rings (SSSR count). The van der Waals surface area contributed by atoms with Crippen molar-refractivity contribution in [3.8, 4) is 0 Å². The topological polar surface area (TPSA) is 79.3 Å². The van der Waals surface area contributed by atoms with Crippen molar-refractivity contribution in [3.63, 3.8) is 0 Å². The molecule has 1 aromatic carbocycles. The molecule has 7 nitrogen and oxygen atoms in total. The number of carbonyl (C=O) groups excluding carboxylic acids is 1. The zero-order chi connectivity index (χ0) is 20.3. The van der Waals surface area contributed by atoms with Gasteiger partial charge in [0.1, 0.15) is 17.5 Å². The summed E-state index contributed by atoms with van der Waals surface area (Å²) in [6.07, 6.45) is 3.57. The third-order valence-corrected chi connectivity index (χ3v) is 6.53. The lowest BCUT2D eigenvalue weighted by atomic mass is 10.2. The van der Waals surface area contributed by atoms with E-state index in [1.54, 1.807) is 17.8 Å². The molecule has 1 saturated heterocycles. The number of thioether (sulfide) groups is 2. The predicted octanol–water partition coefficient (Wildman–Crippen LogP) is 3.37. The number of anilines is 1. The van der Waals surface area contributed by atoms with Gasteiger partial charge in [0, 0.05) is 11.4 Å². The van der Waals surface area contributed by atoms with Crippen LogP contribution in [-0.2, 0) is 26.0 Å². The molecular formula is C18H18N2O5S3. The molecule has 2 heterocycles. The number of nitrogens with zero attached hydrogens (tertiary/aromatic N) is 2. The lowest BCUT2D eigenvalue weighted by Crippen LogP contribution is -2.33. The molecule has 1 N–H and O–H groups in total. The van der Waals surface area contributed by atoms with Gasteiger partial charge in [0.15, 0.2) is 0 Å². The Morgan fingerprint density at radius 2 is 2.07 bits per heavy atom. The van der Waals surface area contributed by atoms with Gasteiger partial charge < -0.3 is 10.0 Å². The second kappa shape index (κ2) is 9.10. The molecule has 0 radical (unpaired) electrons. The highest BCUT2D eigenvalue weighted by Gasteiger charge is 2.33. The standard InChI is InChI=1S/C18H18N2O5S3/c1-3-19-12-8-11(10-25-24-2)4-5-13(12)27-15(19)7-6-14-17(23)20(9-16(21)22)18(26)28-14/h4-8H,3,9-10H2,1-2H3,(H,21,22)/b14-6+,15-7-. The highest BCUT2D eigenvalue weighted by molar-refractivity contribution is 8.26. The Kier molecular flexibility index (Phi) is 6.78. The van der Waals surface area contributed by atoms with E-state index in [4.69, 9.17) is 22.2 Å². The van der Waals surface area contributed by atoms with Gasteiger partial charge in [0.2, 0.25) is 0 Å². The van der Waals surface area contributed by atoms with Crippen LogP contribution < -0.4 is 4.90 Å². The summed E-state index contributed by atoms with van der Waals surface area (Å²) < 4.78 is 0.259. The molecule has 148 valence electrons. The van der Waals surface area contributed by atoms with Gasteiger partial charge in [0.25, 0.3) is 5.91 Å². The number of benzene rings is 1. The average Bonchev–Trinajstić information content (AvgIpc) is 3.15. The highest BCUT2D eigenvalue weighted by Crippen LogP contribution is 2.46. The molecule has 10 heteroatoms. The Balaban J connectivity index is 1.81. The highest BCUT2D eigenvalue weighted by atomic mass is 32.2. The number of hydrogen-bond donors (Lipinski definition) is 1. The maximum absolute atomic E-state index is 12.4. The molecule has 1 amide bonds. The van der Waals surface area contributed by atoms with Crippen LogP contribution in [0, 0.1) is 0 Å². The van der Waals surface area contributed by atoms with E-state index >= 15 is 0 Å². The van der Waals surface area contributed by atoms with Crippen LogP contribution in [-0.4, -0.2) is 46.4 Å². The summed E-state index contributed by atoms with van der Waals surface area (Å²) >= 11 is 7.84. The maximum atomic E-state index is 12.4. The smallest absolute Gasteiger partial charge is 0.323 e. The number of amides is 1. The Hall–Kier alpha value is -1.85. The first-order valence-electron chi connectivity index (χ1n) is 8.36. The van der Waals surface area contributed by atoms with Gasteiger partial charge in [-0.25, -0.2) is 9.78 Å². The van der Waals surface area contributed by atoms with Crippen LogP contribution in [0.5, 0.6) is 0 Å². The van der Waals surface area contributed by atoms with Crippen molar-refractivity contribution < 1.29 is 24.5 Å². The van der Waals surface area contributed by atoms with E-state index < -0.39 is 12.5 Å². The summed E-state index contributed by atoms with van der Waals surface area (Å²) in [5.74, 6) is -1.47. The molecule has 2 aliphatic rings. The van der Waals surface area contributed by atoms with Gasteiger partial charge in [0.05, 0.1) is 22.7 Å². The van der Waals surface area contributed by atoms with Crippen molar-refractivity contribution in [2.45, 2.75) is 18.4 Å². The Bertz CT molecular complexity index is 884. The molecule has 0 spiro atoms. The Morgan fingerprint density at radius 1 is 1.29 bits per heavy atom. The van der Waals surface area contributed by atoms with E-state index in [0.29, 0.717) is 11.5 Å². The van der Waals surface area contributed by atoms with E-state index in [-0.39, 0.29) is 10.2 Å². The van der Waals surface area contributed by atoms with E-state index in [1.165, 1.54) is 7.11 Å². The van der Waals surface area contributed by atoms with Crippen LogP contribution in [0.2, 0.25) is 0 Å². The Morgan fingerprint density at radius 3 is 2.75 bits per heavy atom. The molecular weight excluding hydrogens is 420 g/mol. The fourth-order valence-corrected chi connectivity index (χ4v) is 5.05. The van der Waals surface area contributed by atoms with Crippen molar-refractivity contribution in [1.82, 2.24) is 4.90 Å². The van der Waals surface area contributed by atoms with E-state index in [2.05, 4.69) is 15.9 Å². The second-order valence-electron chi connectivity index (χ2n) is 5.77. The third-order valence-electron chi connectivity index (χ3n) is 4.00. The van der Waals surface area contributed by atoms with E-state index in [1.807, 2.05) is 25.1 Å². The number of carboxylic acids is 1. The quantitative estimate of drug-likeness (QED) is 0.298. The average molecular weight is 439 g/mol. The number of thiocarbonyl (C=S) groups is 1. The Labute approximate surface area is 176 Å². The zero-order valence-corrected chi connectivity index (χ0v) is 17.7. The van der Waals surface area contributed by atoms with Crippen LogP contribution in [0.25, 0.3) is 0 Å². The molecule has 0 aliphatic carbocycles. The first-order valence-corrected chi connectivity index (χ1v) is 10.4. The van der Waals surface area contributed by atoms with Gasteiger partial charge in [-0.2, -0.15) is 0 Å². The minimum atomic E-state index is -1.09. The third kappa shape index (κ3) is 4.41. The number of carboxylic acid groups (broad SMARTS) is 1. The maximum Gasteiger partial charge on any atom is 0.323 e. The summed E-state index contributed by atoms with van der Waals surface area (Å²) in [6.45, 7) is 2.74. The number of fused-ring (bicyclic) bond motifs is 1. The van der Waals surface area contributed by atoms with Crippen molar-refractivity contribution >= 4 is 57.6 Å². The number of carbonyl (C=O) groups is 2. The first-order chi connectivity index (χ1) is 13.4. The fraction of sp³-hybridized carbons (Fsp3) is 0.278. The summed E-state index contributed by atoms with van der Waals surface area (Å²) in [7, 11) is 1.47. The summed E-state index contributed by atoms with van der Waals surface area (Å²) in [5, 5.41) is 9.90. The zero-order valence-electron chi connectivity index (χ0n) is 15.2. The predicted molar refractivity (Wildman–Crippen MR) is 113 cm³/mol. The normalized spacial score (nSPS) is 19.2. The van der Waals surface area contributed by atoms with Gasteiger partial charge >= 0.3 is 5.97 Å². The van der Waals surface area contributed by atoms with Crippen LogP contribution in [0.1, 0.15) is 12.5 Å². The van der Waals surface area contributed by atoms with E-state index in [9.17, 15) is 9.59 Å². The number of aliphatic carboxylic acids is 1. The summed E-state index contributed by atoms with van der Waals surface area (Å²) in [4.78, 5) is 37.7. The second-order valence-corrected chi connectivity index (χ2v) is 8.50. The van der Waals surface area contributed by atoms with Gasteiger partial charge in [-0.15, -0.1) is 0 Å². The van der Waals surface area contributed by atoms with Gasteiger partial charge in [-0.3, -0.25) is 14.5 Å². The molecule has 0 saturated carbocycles. The molecule has 2 aliphatic heterocycles. The van der Waals surface area contributed by atoms with Crippen LogP contribution >= 0.6 is 35.7 Å². The molecule has 0 unspecified atom stereocenters. The van der Waals surface area contributed by atoms with E-state index in [0.717, 1.165) is 44.4 Å². The van der Waals surface area contributed by atoms with Crippen molar-refractivity contribution in [2.24, 2.45) is 0 Å². The lowest BCUT2D eigenvalue weighted by Gasteiger charge is -2.18. The minimum Gasteiger partial charge on any atom is -0.480 e. The summed E-state index contributed by atoms with van der Waals surface area (Å²) in [5.41, 5.74) is 2.07. The van der Waals surface area contributed by atoms with Crippen LogP contribution in [0.15, 0.2) is 45.2 Å². The molecule has 0 aromatic heterocycles. The van der Waals surface area contributed by atoms with Crippen molar-refractivity contribution in [2.75, 3.05) is 25.1 Å². The largest absolute Gasteiger partial charge is 0.480 e. The number of rotatable bonds is 7. The van der Waals surface area contributed by atoms with Gasteiger partial charge in [-0.1, -0.05) is 41.8 Å². The SMILES string of the molecule is CCN1/C(=C/C=C2/SC(=S)N(CC(=O)O)C2=O)Sc2ccc(COOC)cc21. The molecule has 1 aromatic rings. The lowest BCUT2D eigenvalue weighted by molar-refractivity contribution is -0.282. The van der Waals surface area contributed by atoms with Crippen molar-refractivity contribution in [3.05, 3.63) is 45.8 Å². The first kappa shape index (κ1) is 20.9. The summed E-state index contributed by atoms with van der Waals surface area (Å²) in [6, 6.07) is 6.07. The van der Waals surface area contributed by atoms with Crippen LogP contribution in [0.4, 0.5) is 5.69 Å². The molecule has 28 heavy (non-hydrogen) atoms. The van der Waals surface area contributed by atoms with Crippen molar-refractivity contribution in [1.29, 1.82) is 0 Å². The fourth-order valence-electron chi connectivity index (χ4n) is 2.75. The molecule has 0 bridgehead atoms.